The molecule has 150 valence electrons. The van der Waals surface area contributed by atoms with Gasteiger partial charge in [-0.15, -0.1) is 11.3 Å². The zero-order valence-electron chi connectivity index (χ0n) is 17.2. The second kappa shape index (κ2) is 6.78. The van der Waals surface area contributed by atoms with E-state index in [2.05, 4.69) is 106 Å². The monoisotopic (exact) mass is 426 g/mol. The maximum absolute atomic E-state index is 4.46. The van der Waals surface area contributed by atoms with Gasteiger partial charge < -0.3 is 4.57 Å². The molecule has 0 N–H and O–H groups in total. The highest BCUT2D eigenvalue weighted by molar-refractivity contribution is 7.17. The summed E-state index contributed by atoms with van der Waals surface area (Å²) < 4.78 is 3.70. The average Bonchev–Trinajstić information content (AvgIpc) is 3.44. The normalized spacial score (nSPS) is 11.8. The molecule has 3 heterocycles. The van der Waals surface area contributed by atoms with E-state index in [1.807, 2.05) is 12.4 Å². The molecule has 0 saturated carbocycles. The van der Waals surface area contributed by atoms with Gasteiger partial charge >= 0.3 is 0 Å². The Bertz CT molecular complexity index is 1770. The van der Waals surface area contributed by atoms with Crippen LogP contribution in [0.2, 0.25) is 0 Å². The molecule has 0 aliphatic carbocycles. The number of hydrogen-bond acceptors (Lipinski definition) is 2. The van der Waals surface area contributed by atoms with E-state index in [9.17, 15) is 0 Å². The third kappa shape index (κ3) is 2.55. The quantitative estimate of drug-likeness (QED) is 0.272. The molecule has 0 aliphatic rings. The van der Waals surface area contributed by atoms with E-state index in [4.69, 9.17) is 0 Å². The van der Waals surface area contributed by atoms with Gasteiger partial charge in [0.1, 0.15) is 0 Å². The summed E-state index contributed by atoms with van der Waals surface area (Å²) in [4.78, 5) is 4.46. The highest BCUT2D eigenvalue weighted by atomic mass is 32.1. The van der Waals surface area contributed by atoms with Crippen LogP contribution in [0.4, 0.5) is 0 Å². The summed E-state index contributed by atoms with van der Waals surface area (Å²) in [5.74, 6) is 0. The first-order chi connectivity index (χ1) is 15.9. The van der Waals surface area contributed by atoms with E-state index in [0.717, 1.165) is 10.9 Å². The molecule has 7 rings (SSSR count). The molecule has 3 heteroatoms. The fourth-order valence-corrected chi connectivity index (χ4v) is 5.64. The van der Waals surface area contributed by atoms with Crippen molar-refractivity contribution in [1.82, 2.24) is 9.55 Å². The van der Waals surface area contributed by atoms with Crippen LogP contribution in [0.25, 0.3) is 59.5 Å². The molecule has 3 aromatic heterocycles. The van der Waals surface area contributed by atoms with Gasteiger partial charge in [0.25, 0.3) is 0 Å². The first-order valence-electron chi connectivity index (χ1n) is 10.7. The molecule has 2 nitrogen and oxygen atoms in total. The van der Waals surface area contributed by atoms with Crippen LogP contribution in [0.1, 0.15) is 0 Å². The van der Waals surface area contributed by atoms with Crippen LogP contribution in [0.5, 0.6) is 0 Å². The molecule has 0 radical (unpaired) electrons. The summed E-state index contributed by atoms with van der Waals surface area (Å²) in [5.41, 5.74) is 6.00. The van der Waals surface area contributed by atoms with Crippen molar-refractivity contribution < 1.29 is 0 Å². The van der Waals surface area contributed by atoms with E-state index < -0.39 is 0 Å². The van der Waals surface area contributed by atoms with Gasteiger partial charge in [-0.1, -0.05) is 54.6 Å². The Balaban J connectivity index is 1.46. The SMILES string of the molecule is c1ccc2c(-c3ccc(-n4c5ccccc5c5cc6ccsc6cc54)cc3)cncc2c1. The highest BCUT2D eigenvalue weighted by Gasteiger charge is 2.14. The molecular formula is C29H18N2S. The minimum absolute atomic E-state index is 1.16. The largest absolute Gasteiger partial charge is 0.309 e. The van der Waals surface area contributed by atoms with E-state index in [0.29, 0.717) is 0 Å². The first-order valence-corrected chi connectivity index (χ1v) is 11.6. The Kier molecular flexibility index (Phi) is 3.75. The summed E-state index contributed by atoms with van der Waals surface area (Å²) in [7, 11) is 0. The Hall–Kier alpha value is -3.95. The standard InChI is InChI=1S/C29H18N2S/c1-2-6-23-21(5-1)17-30-18-26(23)19-9-11-22(12-10-19)31-27-8-4-3-7-24(27)25-15-20-13-14-32-29(20)16-28(25)31/h1-18H. The number of fused-ring (bicyclic) bond motifs is 5. The molecule has 4 aromatic carbocycles. The first kappa shape index (κ1) is 17.7. The van der Waals surface area contributed by atoms with Crippen LogP contribution < -0.4 is 0 Å². The van der Waals surface area contributed by atoms with Gasteiger partial charge in [-0.05, 0) is 58.1 Å². The van der Waals surface area contributed by atoms with Crippen molar-refractivity contribution in [2.45, 2.75) is 0 Å². The number of para-hydroxylation sites is 1. The zero-order chi connectivity index (χ0) is 21.1. The molecule has 32 heavy (non-hydrogen) atoms. The van der Waals surface area contributed by atoms with Crippen LogP contribution in [-0.4, -0.2) is 9.55 Å². The fourth-order valence-electron chi connectivity index (χ4n) is 4.84. The summed E-state index contributed by atoms with van der Waals surface area (Å²) in [6.07, 6.45) is 3.89. The number of aromatic nitrogens is 2. The molecule has 0 unspecified atom stereocenters. The third-order valence-electron chi connectivity index (χ3n) is 6.35. The minimum atomic E-state index is 1.16. The van der Waals surface area contributed by atoms with Gasteiger partial charge in [0.15, 0.2) is 0 Å². The number of rotatable bonds is 2. The van der Waals surface area contributed by atoms with Gasteiger partial charge in [-0.25, -0.2) is 0 Å². The predicted octanol–water partition coefficient (Wildman–Crippen LogP) is 8.21. The van der Waals surface area contributed by atoms with Gasteiger partial charge in [0, 0.05) is 44.5 Å². The van der Waals surface area contributed by atoms with Gasteiger partial charge in [0.2, 0.25) is 0 Å². The van der Waals surface area contributed by atoms with Crippen molar-refractivity contribution in [3.8, 4) is 16.8 Å². The minimum Gasteiger partial charge on any atom is -0.309 e. The van der Waals surface area contributed by atoms with Crippen molar-refractivity contribution in [3.05, 3.63) is 109 Å². The van der Waals surface area contributed by atoms with Gasteiger partial charge in [0.05, 0.1) is 11.0 Å². The summed E-state index contributed by atoms with van der Waals surface area (Å²) in [6.45, 7) is 0. The van der Waals surface area contributed by atoms with Crippen LogP contribution in [-0.2, 0) is 0 Å². The Morgan fingerprint density at radius 1 is 0.625 bits per heavy atom. The Morgan fingerprint density at radius 3 is 2.34 bits per heavy atom. The summed E-state index contributed by atoms with van der Waals surface area (Å²) in [5, 5.41) is 8.46. The second-order valence-corrected chi connectivity index (χ2v) is 9.08. The fraction of sp³-hybridized carbons (Fsp3) is 0. The van der Waals surface area contributed by atoms with Crippen LogP contribution >= 0.6 is 11.3 Å². The van der Waals surface area contributed by atoms with E-state index in [-0.39, 0.29) is 0 Å². The van der Waals surface area contributed by atoms with E-state index in [1.165, 1.54) is 48.5 Å². The number of benzene rings is 4. The van der Waals surface area contributed by atoms with Gasteiger partial charge in [-0.3, -0.25) is 4.98 Å². The number of hydrogen-bond donors (Lipinski definition) is 0. The lowest BCUT2D eigenvalue weighted by Gasteiger charge is -2.10. The van der Waals surface area contributed by atoms with Crippen molar-refractivity contribution in [2.24, 2.45) is 0 Å². The van der Waals surface area contributed by atoms with Crippen molar-refractivity contribution in [2.75, 3.05) is 0 Å². The van der Waals surface area contributed by atoms with Crippen LogP contribution in [0.3, 0.4) is 0 Å². The molecular weight excluding hydrogens is 408 g/mol. The molecule has 7 aromatic rings. The van der Waals surface area contributed by atoms with Crippen LogP contribution in [0.15, 0.2) is 109 Å². The lowest BCUT2D eigenvalue weighted by molar-refractivity contribution is 1.18. The highest BCUT2D eigenvalue weighted by Crippen LogP contribution is 2.37. The Labute approximate surface area is 189 Å². The van der Waals surface area contributed by atoms with E-state index in [1.54, 1.807) is 11.3 Å². The summed E-state index contributed by atoms with van der Waals surface area (Å²) >= 11 is 1.80. The van der Waals surface area contributed by atoms with E-state index >= 15 is 0 Å². The number of pyridine rings is 1. The lowest BCUT2D eigenvalue weighted by Crippen LogP contribution is -1.93. The molecule has 0 aliphatic heterocycles. The number of thiophene rings is 1. The van der Waals surface area contributed by atoms with Crippen molar-refractivity contribution in [1.29, 1.82) is 0 Å². The third-order valence-corrected chi connectivity index (χ3v) is 7.23. The Morgan fingerprint density at radius 2 is 1.44 bits per heavy atom. The molecule has 0 bridgehead atoms. The summed E-state index contributed by atoms with van der Waals surface area (Å²) in [6, 6.07) is 32.9. The smallest absolute Gasteiger partial charge is 0.0555 e. The molecule has 0 spiro atoms. The van der Waals surface area contributed by atoms with Gasteiger partial charge in [-0.2, -0.15) is 0 Å². The van der Waals surface area contributed by atoms with Crippen molar-refractivity contribution >= 4 is 54.0 Å². The molecule has 0 saturated heterocycles. The number of nitrogens with zero attached hydrogens (tertiary/aromatic N) is 2. The zero-order valence-corrected chi connectivity index (χ0v) is 18.0. The molecule has 0 fully saturated rings. The second-order valence-electron chi connectivity index (χ2n) is 8.14. The predicted molar refractivity (Wildman–Crippen MR) is 137 cm³/mol. The lowest BCUT2D eigenvalue weighted by atomic mass is 10.0. The van der Waals surface area contributed by atoms with Crippen LogP contribution in [0, 0.1) is 0 Å². The molecule has 0 amide bonds. The molecule has 0 atom stereocenters. The maximum Gasteiger partial charge on any atom is 0.0555 e. The van der Waals surface area contributed by atoms with Crippen molar-refractivity contribution in [3.63, 3.8) is 0 Å². The average molecular weight is 427 g/mol. The topological polar surface area (TPSA) is 17.8 Å². The maximum atomic E-state index is 4.46.